The second-order valence-corrected chi connectivity index (χ2v) is 7.94. The van der Waals surface area contributed by atoms with Gasteiger partial charge in [0.2, 0.25) is 0 Å². The third-order valence-electron chi connectivity index (χ3n) is 5.77. The Morgan fingerprint density at radius 3 is 2.52 bits per heavy atom. The zero-order valence-corrected chi connectivity index (χ0v) is 16.4. The number of hydrogen-bond donors (Lipinski definition) is 0. The standard InChI is InChI=1S/C22H23N5O2/c1-14-12-19(29-26-14)18-13-24-21(16-2-3-16)25-20(18)15-6-10-27(11-7-15)22(28)17-4-8-23-9-5-17/h4-5,8-9,12-13,15-16H,2-3,6-7,10-11H2,1H3. The molecular formula is C22H23N5O2. The van der Waals surface area contributed by atoms with Gasteiger partial charge in [0.25, 0.3) is 5.91 Å². The number of piperidine rings is 1. The maximum atomic E-state index is 12.7. The Morgan fingerprint density at radius 1 is 1.10 bits per heavy atom. The van der Waals surface area contributed by atoms with E-state index in [1.807, 2.05) is 24.1 Å². The fraction of sp³-hybridized carbons (Fsp3) is 0.409. The maximum absolute atomic E-state index is 12.7. The maximum Gasteiger partial charge on any atom is 0.253 e. The summed E-state index contributed by atoms with van der Waals surface area (Å²) in [4.78, 5) is 28.2. The molecule has 1 saturated heterocycles. The number of aryl methyl sites for hydroxylation is 1. The Bertz CT molecular complexity index is 1020. The van der Waals surface area contributed by atoms with Crippen molar-refractivity contribution in [3.8, 4) is 11.3 Å². The van der Waals surface area contributed by atoms with E-state index in [-0.39, 0.29) is 11.8 Å². The van der Waals surface area contributed by atoms with Gasteiger partial charge in [0, 0.05) is 55.1 Å². The van der Waals surface area contributed by atoms with Crippen LogP contribution in [0, 0.1) is 6.92 Å². The smallest absolute Gasteiger partial charge is 0.253 e. The topological polar surface area (TPSA) is 85.0 Å². The van der Waals surface area contributed by atoms with Crippen LogP contribution < -0.4 is 0 Å². The third-order valence-corrected chi connectivity index (χ3v) is 5.77. The van der Waals surface area contributed by atoms with E-state index in [4.69, 9.17) is 9.51 Å². The predicted molar refractivity (Wildman–Crippen MR) is 106 cm³/mol. The number of hydrogen-bond acceptors (Lipinski definition) is 6. The summed E-state index contributed by atoms with van der Waals surface area (Å²) in [6.07, 6.45) is 9.29. The monoisotopic (exact) mass is 389 g/mol. The zero-order valence-electron chi connectivity index (χ0n) is 16.4. The molecule has 0 N–H and O–H groups in total. The SMILES string of the molecule is Cc1cc(-c2cnc(C3CC3)nc2C2CCN(C(=O)c3ccncc3)CC2)on1. The van der Waals surface area contributed by atoms with Gasteiger partial charge in [-0.1, -0.05) is 5.16 Å². The molecule has 29 heavy (non-hydrogen) atoms. The molecule has 3 aromatic rings. The van der Waals surface area contributed by atoms with E-state index in [0.717, 1.165) is 41.4 Å². The molecule has 7 nitrogen and oxygen atoms in total. The lowest BCUT2D eigenvalue weighted by Crippen LogP contribution is -2.38. The first-order valence-corrected chi connectivity index (χ1v) is 10.2. The molecule has 7 heteroatoms. The third kappa shape index (κ3) is 3.64. The van der Waals surface area contributed by atoms with Gasteiger partial charge >= 0.3 is 0 Å². The summed E-state index contributed by atoms with van der Waals surface area (Å²) in [7, 11) is 0. The summed E-state index contributed by atoms with van der Waals surface area (Å²) in [5.74, 6) is 2.49. The number of nitrogens with zero attached hydrogens (tertiary/aromatic N) is 5. The van der Waals surface area contributed by atoms with Crippen molar-refractivity contribution in [3.05, 3.63) is 59.6 Å². The first-order chi connectivity index (χ1) is 14.2. The molecule has 148 valence electrons. The minimum absolute atomic E-state index is 0.0679. The molecule has 3 aromatic heterocycles. The molecule has 0 unspecified atom stereocenters. The molecule has 0 atom stereocenters. The Morgan fingerprint density at radius 2 is 1.86 bits per heavy atom. The van der Waals surface area contributed by atoms with Crippen LogP contribution in [0.5, 0.6) is 0 Å². The number of rotatable bonds is 4. The van der Waals surface area contributed by atoms with E-state index < -0.39 is 0 Å². The lowest BCUT2D eigenvalue weighted by Gasteiger charge is -2.32. The normalized spacial score (nSPS) is 17.5. The van der Waals surface area contributed by atoms with E-state index in [1.165, 1.54) is 12.8 Å². The molecule has 2 aliphatic rings. The van der Waals surface area contributed by atoms with Crippen molar-refractivity contribution in [1.82, 2.24) is 25.0 Å². The average molecular weight is 389 g/mol. The second-order valence-electron chi connectivity index (χ2n) is 7.94. The summed E-state index contributed by atoms with van der Waals surface area (Å²) in [6.45, 7) is 3.34. The summed E-state index contributed by atoms with van der Waals surface area (Å²) in [6, 6.07) is 5.47. The van der Waals surface area contributed by atoms with Crippen LogP contribution in [0.1, 0.15) is 65.1 Å². The lowest BCUT2D eigenvalue weighted by atomic mass is 9.89. The van der Waals surface area contributed by atoms with Crippen LogP contribution in [0.3, 0.4) is 0 Å². The van der Waals surface area contributed by atoms with Gasteiger partial charge in [-0.25, -0.2) is 9.97 Å². The largest absolute Gasteiger partial charge is 0.356 e. The summed E-state index contributed by atoms with van der Waals surface area (Å²) >= 11 is 0. The van der Waals surface area contributed by atoms with Gasteiger partial charge in [-0.2, -0.15) is 0 Å². The first-order valence-electron chi connectivity index (χ1n) is 10.2. The van der Waals surface area contributed by atoms with E-state index in [9.17, 15) is 4.79 Å². The average Bonchev–Trinajstić information content (AvgIpc) is 3.54. The van der Waals surface area contributed by atoms with Gasteiger partial charge in [0.1, 0.15) is 5.82 Å². The van der Waals surface area contributed by atoms with Gasteiger partial charge < -0.3 is 9.42 Å². The van der Waals surface area contributed by atoms with Gasteiger partial charge in [-0.15, -0.1) is 0 Å². The van der Waals surface area contributed by atoms with Crippen molar-refractivity contribution in [3.63, 3.8) is 0 Å². The zero-order chi connectivity index (χ0) is 19.8. The van der Waals surface area contributed by atoms with Crippen molar-refractivity contribution < 1.29 is 9.32 Å². The van der Waals surface area contributed by atoms with Crippen molar-refractivity contribution in [2.45, 2.75) is 44.4 Å². The Balaban J connectivity index is 1.38. The lowest BCUT2D eigenvalue weighted by molar-refractivity contribution is 0.0712. The summed E-state index contributed by atoms with van der Waals surface area (Å²) < 4.78 is 5.51. The molecule has 1 saturated carbocycles. The molecular weight excluding hydrogens is 366 g/mol. The minimum Gasteiger partial charge on any atom is -0.356 e. The highest BCUT2D eigenvalue weighted by molar-refractivity contribution is 5.94. The van der Waals surface area contributed by atoms with Crippen LogP contribution in [0.25, 0.3) is 11.3 Å². The van der Waals surface area contributed by atoms with Crippen LogP contribution in [0.15, 0.2) is 41.3 Å². The van der Waals surface area contributed by atoms with Crippen molar-refractivity contribution in [2.24, 2.45) is 0 Å². The van der Waals surface area contributed by atoms with Crippen molar-refractivity contribution >= 4 is 5.91 Å². The highest BCUT2D eigenvalue weighted by Crippen LogP contribution is 2.41. The molecule has 0 aromatic carbocycles. The highest BCUT2D eigenvalue weighted by atomic mass is 16.5. The molecule has 1 aliphatic heterocycles. The van der Waals surface area contributed by atoms with Crippen LogP contribution in [0.4, 0.5) is 0 Å². The molecule has 0 spiro atoms. The number of likely N-dealkylation sites (tertiary alicyclic amines) is 1. The van der Waals surface area contributed by atoms with Gasteiger partial charge in [-0.05, 0) is 44.7 Å². The van der Waals surface area contributed by atoms with Gasteiger partial charge in [0.05, 0.1) is 17.0 Å². The van der Waals surface area contributed by atoms with Crippen LogP contribution >= 0.6 is 0 Å². The minimum atomic E-state index is 0.0679. The first kappa shape index (κ1) is 18.0. The molecule has 5 rings (SSSR count). The Labute approximate surface area is 169 Å². The quantitative estimate of drug-likeness (QED) is 0.676. The van der Waals surface area contributed by atoms with E-state index in [1.54, 1.807) is 24.5 Å². The molecule has 1 aliphatic carbocycles. The molecule has 4 heterocycles. The fourth-order valence-electron chi connectivity index (χ4n) is 3.97. The summed E-state index contributed by atoms with van der Waals surface area (Å²) in [5, 5.41) is 4.03. The molecule has 2 fully saturated rings. The van der Waals surface area contributed by atoms with Gasteiger partial charge in [0.15, 0.2) is 5.76 Å². The molecule has 0 radical (unpaired) electrons. The van der Waals surface area contributed by atoms with Crippen LogP contribution in [-0.2, 0) is 0 Å². The Kier molecular flexibility index (Phi) is 4.58. The van der Waals surface area contributed by atoms with Crippen molar-refractivity contribution in [2.75, 3.05) is 13.1 Å². The van der Waals surface area contributed by atoms with Crippen molar-refractivity contribution in [1.29, 1.82) is 0 Å². The Hall–Kier alpha value is -3.09. The van der Waals surface area contributed by atoms with E-state index in [0.29, 0.717) is 24.6 Å². The van der Waals surface area contributed by atoms with Crippen LogP contribution in [-0.4, -0.2) is 44.0 Å². The van der Waals surface area contributed by atoms with E-state index in [2.05, 4.69) is 15.1 Å². The number of aromatic nitrogens is 4. The summed E-state index contributed by atoms with van der Waals surface area (Å²) in [5.41, 5.74) is 3.49. The number of amides is 1. The number of carbonyl (C=O) groups is 1. The predicted octanol–water partition coefficient (Wildman–Crippen LogP) is 3.73. The van der Waals surface area contributed by atoms with Crippen LogP contribution in [0.2, 0.25) is 0 Å². The van der Waals surface area contributed by atoms with E-state index >= 15 is 0 Å². The molecule has 1 amide bonds. The number of pyridine rings is 1. The number of carbonyl (C=O) groups excluding carboxylic acids is 1. The molecule has 0 bridgehead atoms. The second kappa shape index (κ2) is 7.39. The fourth-order valence-corrected chi connectivity index (χ4v) is 3.97. The van der Waals surface area contributed by atoms with Gasteiger partial charge in [-0.3, -0.25) is 9.78 Å². The highest BCUT2D eigenvalue weighted by Gasteiger charge is 2.31.